The van der Waals surface area contributed by atoms with E-state index in [1.807, 2.05) is 20.8 Å². The molecule has 0 amide bonds. The minimum atomic E-state index is -0.215. The molecule has 1 unspecified atom stereocenters. The number of hydrogen-bond donors (Lipinski definition) is 4. The second-order valence-electron chi connectivity index (χ2n) is 5.18. The van der Waals surface area contributed by atoms with Crippen LogP contribution in [0.25, 0.3) is 0 Å². The van der Waals surface area contributed by atoms with Gasteiger partial charge in [-0.2, -0.15) is 0 Å². The summed E-state index contributed by atoms with van der Waals surface area (Å²) in [6, 6.07) is 4.78. The van der Waals surface area contributed by atoms with E-state index in [-0.39, 0.29) is 43.0 Å². The molecule has 0 fully saturated rings. The topological polar surface area (TPSA) is 72.7 Å². The maximum Gasteiger partial charge on any atom is 0.121 e. The number of benzene rings is 1. The number of nitrogens with one attached hydrogen (secondary N) is 1. The normalized spacial score (nSPS) is 12.9. The third-order valence-electron chi connectivity index (χ3n) is 2.47. The highest BCUT2D eigenvalue weighted by molar-refractivity contribution is 5.85. The Balaban J connectivity index is 0.00000289. The van der Waals surface area contributed by atoms with Crippen molar-refractivity contribution in [2.24, 2.45) is 0 Å². The summed E-state index contributed by atoms with van der Waals surface area (Å²) in [5.74, 6) is 0.0729. The van der Waals surface area contributed by atoms with E-state index in [9.17, 15) is 10.2 Å². The van der Waals surface area contributed by atoms with Crippen molar-refractivity contribution >= 4 is 12.4 Å². The van der Waals surface area contributed by atoms with Crippen molar-refractivity contribution in [1.29, 1.82) is 0 Å². The van der Waals surface area contributed by atoms with Crippen LogP contribution in [0.15, 0.2) is 18.2 Å². The van der Waals surface area contributed by atoms with Gasteiger partial charge in [-0.3, -0.25) is 0 Å². The molecule has 1 aromatic carbocycles. The quantitative estimate of drug-likeness (QED) is 0.675. The predicted molar refractivity (Wildman–Crippen MR) is 74.0 cm³/mol. The Morgan fingerprint density at radius 2 is 1.83 bits per heavy atom. The molecule has 4 N–H and O–H groups in total. The Morgan fingerprint density at radius 1 is 1.22 bits per heavy atom. The van der Waals surface area contributed by atoms with E-state index in [1.54, 1.807) is 12.1 Å². The largest absolute Gasteiger partial charge is 0.508 e. The predicted octanol–water partition coefficient (Wildman–Crippen LogP) is 1.73. The molecule has 1 aromatic rings. The summed E-state index contributed by atoms with van der Waals surface area (Å²) in [6.07, 6.45) is 0. The fraction of sp³-hybridized carbons (Fsp3) is 0.538. The van der Waals surface area contributed by atoms with Gasteiger partial charge in [0, 0.05) is 11.1 Å². The molecule has 0 aliphatic heterocycles. The highest BCUT2D eigenvalue weighted by atomic mass is 35.5. The Hall–Kier alpha value is -0.810. The number of halogens is 1. The molecule has 0 bridgehead atoms. The van der Waals surface area contributed by atoms with Crippen LogP contribution in [0.5, 0.6) is 5.75 Å². The molecule has 1 rings (SSSR count). The first-order valence-electron chi connectivity index (χ1n) is 5.68. The van der Waals surface area contributed by atoms with Gasteiger partial charge in [-0.1, -0.05) is 6.07 Å². The van der Waals surface area contributed by atoms with Crippen molar-refractivity contribution in [2.45, 2.75) is 39.0 Å². The zero-order chi connectivity index (χ0) is 13.1. The number of rotatable bonds is 4. The monoisotopic (exact) mass is 275 g/mol. The summed E-state index contributed by atoms with van der Waals surface area (Å²) in [7, 11) is 0. The average molecular weight is 276 g/mol. The third kappa shape index (κ3) is 4.82. The van der Waals surface area contributed by atoms with Gasteiger partial charge in [0.1, 0.15) is 5.75 Å². The van der Waals surface area contributed by atoms with E-state index in [0.717, 1.165) is 5.56 Å². The Bertz CT molecular complexity index is 377. The number of aliphatic hydroxyl groups excluding tert-OH is 2. The van der Waals surface area contributed by atoms with Crippen molar-refractivity contribution in [3.63, 3.8) is 0 Å². The van der Waals surface area contributed by atoms with Crippen LogP contribution in [-0.2, 0) is 6.61 Å². The van der Waals surface area contributed by atoms with E-state index < -0.39 is 0 Å². The highest BCUT2D eigenvalue weighted by Gasteiger charge is 2.18. The summed E-state index contributed by atoms with van der Waals surface area (Å²) >= 11 is 0. The molecule has 0 aliphatic rings. The molecular weight excluding hydrogens is 254 g/mol. The molecule has 5 heteroatoms. The number of hydrogen-bond acceptors (Lipinski definition) is 4. The molecule has 0 heterocycles. The molecule has 0 aromatic heterocycles. The molecule has 0 spiro atoms. The highest BCUT2D eigenvalue weighted by Crippen LogP contribution is 2.23. The summed E-state index contributed by atoms with van der Waals surface area (Å²) in [4.78, 5) is 0. The van der Waals surface area contributed by atoms with E-state index in [0.29, 0.717) is 5.56 Å². The molecule has 18 heavy (non-hydrogen) atoms. The van der Waals surface area contributed by atoms with Crippen LogP contribution in [0.2, 0.25) is 0 Å². The summed E-state index contributed by atoms with van der Waals surface area (Å²) in [6.45, 7) is 5.80. The fourth-order valence-corrected chi connectivity index (χ4v) is 1.71. The first-order chi connectivity index (χ1) is 7.87. The number of aliphatic hydroxyl groups is 2. The van der Waals surface area contributed by atoms with Crippen molar-refractivity contribution in [1.82, 2.24) is 5.32 Å². The Labute approximate surface area is 114 Å². The minimum absolute atomic E-state index is 0. The van der Waals surface area contributed by atoms with Crippen LogP contribution in [-0.4, -0.2) is 27.5 Å². The number of phenols is 1. The molecule has 0 radical (unpaired) electrons. The van der Waals surface area contributed by atoms with Gasteiger partial charge in [0.2, 0.25) is 0 Å². The van der Waals surface area contributed by atoms with Crippen molar-refractivity contribution < 1.29 is 15.3 Å². The first-order valence-corrected chi connectivity index (χ1v) is 5.68. The van der Waals surface area contributed by atoms with Gasteiger partial charge < -0.3 is 20.6 Å². The van der Waals surface area contributed by atoms with Gasteiger partial charge >= 0.3 is 0 Å². The van der Waals surface area contributed by atoms with Crippen LogP contribution in [0.4, 0.5) is 0 Å². The van der Waals surface area contributed by atoms with Gasteiger partial charge in [-0.15, -0.1) is 12.4 Å². The van der Waals surface area contributed by atoms with Crippen molar-refractivity contribution in [3.8, 4) is 5.75 Å². The molecule has 0 saturated carbocycles. The first kappa shape index (κ1) is 17.2. The summed E-state index contributed by atoms with van der Waals surface area (Å²) < 4.78 is 0. The number of aromatic hydroxyl groups is 1. The van der Waals surface area contributed by atoms with E-state index in [4.69, 9.17) is 5.11 Å². The van der Waals surface area contributed by atoms with Gasteiger partial charge in [-0.25, -0.2) is 0 Å². The van der Waals surface area contributed by atoms with Crippen molar-refractivity contribution in [2.75, 3.05) is 6.61 Å². The van der Waals surface area contributed by atoms with Crippen molar-refractivity contribution in [3.05, 3.63) is 29.3 Å². The lowest BCUT2D eigenvalue weighted by Crippen LogP contribution is -2.40. The standard InChI is InChI=1S/C13H21NO3.ClH/c1-13(2,3)14-11(8-16)9-4-5-12(17)10(6-9)7-15;/h4-6,11,14-17H,7-8H2,1-3H3;1H. The molecule has 104 valence electrons. The average Bonchev–Trinajstić information content (AvgIpc) is 2.25. The maximum absolute atomic E-state index is 9.48. The van der Waals surface area contributed by atoms with Gasteiger partial charge in [0.25, 0.3) is 0 Å². The van der Waals surface area contributed by atoms with Crippen LogP contribution >= 0.6 is 12.4 Å². The smallest absolute Gasteiger partial charge is 0.121 e. The molecular formula is C13H22ClNO3. The Morgan fingerprint density at radius 3 is 2.28 bits per heavy atom. The van der Waals surface area contributed by atoms with E-state index >= 15 is 0 Å². The van der Waals surface area contributed by atoms with Crippen LogP contribution < -0.4 is 5.32 Å². The SMILES string of the molecule is CC(C)(C)NC(CO)c1ccc(O)c(CO)c1.Cl. The molecule has 0 saturated heterocycles. The summed E-state index contributed by atoms with van der Waals surface area (Å²) in [5.41, 5.74) is 1.20. The second-order valence-corrected chi connectivity index (χ2v) is 5.18. The molecule has 0 aliphatic carbocycles. The van der Waals surface area contributed by atoms with E-state index in [2.05, 4.69) is 5.32 Å². The minimum Gasteiger partial charge on any atom is -0.508 e. The van der Waals surface area contributed by atoms with Crippen LogP contribution in [0, 0.1) is 0 Å². The lowest BCUT2D eigenvalue weighted by molar-refractivity contribution is 0.216. The lowest BCUT2D eigenvalue weighted by atomic mass is 10.00. The molecule has 4 nitrogen and oxygen atoms in total. The lowest BCUT2D eigenvalue weighted by Gasteiger charge is -2.28. The molecule has 1 atom stereocenters. The van der Waals surface area contributed by atoms with Crippen LogP contribution in [0.3, 0.4) is 0 Å². The van der Waals surface area contributed by atoms with Gasteiger partial charge in [0.15, 0.2) is 0 Å². The summed E-state index contributed by atoms with van der Waals surface area (Å²) in [5, 5.41) is 31.2. The van der Waals surface area contributed by atoms with Gasteiger partial charge in [-0.05, 0) is 38.5 Å². The zero-order valence-electron chi connectivity index (χ0n) is 11.0. The third-order valence-corrected chi connectivity index (χ3v) is 2.47. The zero-order valence-corrected chi connectivity index (χ0v) is 11.8. The van der Waals surface area contributed by atoms with E-state index in [1.165, 1.54) is 6.07 Å². The fourth-order valence-electron chi connectivity index (χ4n) is 1.71. The van der Waals surface area contributed by atoms with Gasteiger partial charge in [0.05, 0.1) is 19.3 Å². The second kappa shape index (κ2) is 6.95. The van der Waals surface area contributed by atoms with Crippen LogP contribution in [0.1, 0.15) is 37.9 Å². The maximum atomic E-state index is 9.48. The Kier molecular flexibility index (Phi) is 6.63.